The van der Waals surface area contributed by atoms with E-state index in [0.29, 0.717) is 16.8 Å². The number of carbonyl (C=O) groups is 1. The van der Waals surface area contributed by atoms with Gasteiger partial charge in [0.25, 0.3) is 5.91 Å². The molecule has 138 valence electrons. The maximum atomic E-state index is 14.0. The van der Waals surface area contributed by atoms with E-state index in [1.165, 1.54) is 24.3 Å². The number of nitrogens with one attached hydrogen (secondary N) is 1. The summed E-state index contributed by atoms with van der Waals surface area (Å²) in [6.07, 6.45) is 1.06. The number of anilines is 1. The molecule has 0 saturated carbocycles. The van der Waals surface area contributed by atoms with Crippen molar-refractivity contribution in [2.24, 2.45) is 0 Å². The molecule has 1 N–H and O–H groups in total. The molecule has 0 heterocycles. The average molecular weight is 404 g/mol. The molecule has 1 amide bonds. The molecule has 0 saturated heterocycles. The molecule has 0 radical (unpaired) electrons. The molecular weight excluding hydrogens is 389 g/mol. The smallest absolute Gasteiger partial charge is 0.257 e. The highest BCUT2D eigenvalue weighted by molar-refractivity contribution is 7.90. The van der Waals surface area contributed by atoms with Crippen molar-refractivity contribution in [1.82, 2.24) is 0 Å². The molecule has 0 aliphatic heterocycles. The fourth-order valence-electron chi connectivity index (χ4n) is 2.57. The highest BCUT2D eigenvalue weighted by atomic mass is 35.5. The van der Waals surface area contributed by atoms with Gasteiger partial charge in [-0.25, -0.2) is 12.8 Å². The summed E-state index contributed by atoms with van der Waals surface area (Å²) in [7, 11) is -3.42. The number of hydrogen-bond donors (Lipinski definition) is 1. The van der Waals surface area contributed by atoms with Gasteiger partial charge in [0.2, 0.25) is 0 Å². The lowest BCUT2D eigenvalue weighted by Gasteiger charge is -2.10. The molecule has 0 aliphatic carbocycles. The third-order valence-electron chi connectivity index (χ3n) is 3.92. The first-order chi connectivity index (χ1) is 12.8. The van der Waals surface area contributed by atoms with Crippen LogP contribution in [0.25, 0.3) is 11.1 Å². The van der Waals surface area contributed by atoms with Gasteiger partial charge in [0.05, 0.1) is 15.5 Å². The van der Waals surface area contributed by atoms with Crippen LogP contribution in [0.3, 0.4) is 0 Å². The van der Waals surface area contributed by atoms with Crippen molar-refractivity contribution in [3.05, 3.63) is 83.1 Å². The van der Waals surface area contributed by atoms with Crippen molar-refractivity contribution in [2.45, 2.75) is 4.90 Å². The fourth-order valence-corrected chi connectivity index (χ4v) is 3.55. The Morgan fingerprint density at radius 1 is 1.00 bits per heavy atom. The summed E-state index contributed by atoms with van der Waals surface area (Å²) in [5.74, 6) is -0.855. The van der Waals surface area contributed by atoms with E-state index in [-0.39, 0.29) is 21.3 Å². The Morgan fingerprint density at radius 3 is 2.41 bits per heavy atom. The summed E-state index contributed by atoms with van der Waals surface area (Å²) in [6.45, 7) is 0. The second-order valence-electron chi connectivity index (χ2n) is 5.93. The minimum absolute atomic E-state index is 0.0284. The van der Waals surface area contributed by atoms with E-state index >= 15 is 0 Å². The van der Waals surface area contributed by atoms with Gasteiger partial charge >= 0.3 is 0 Å². The lowest BCUT2D eigenvalue weighted by molar-refractivity contribution is 0.102. The van der Waals surface area contributed by atoms with E-state index in [2.05, 4.69) is 5.32 Å². The number of sulfone groups is 1. The monoisotopic (exact) mass is 403 g/mol. The maximum Gasteiger partial charge on any atom is 0.257 e. The first kappa shape index (κ1) is 19.1. The van der Waals surface area contributed by atoms with Crippen LogP contribution in [0.5, 0.6) is 0 Å². The summed E-state index contributed by atoms with van der Waals surface area (Å²) < 4.78 is 37.1. The number of hydrogen-bond acceptors (Lipinski definition) is 3. The highest BCUT2D eigenvalue weighted by Gasteiger charge is 2.15. The van der Waals surface area contributed by atoms with Gasteiger partial charge in [0.1, 0.15) is 5.82 Å². The molecule has 0 unspecified atom stereocenters. The quantitative estimate of drug-likeness (QED) is 0.680. The van der Waals surface area contributed by atoms with Crippen molar-refractivity contribution < 1.29 is 17.6 Å². The Balaban J connectivity index is 1.87. The summed E-state index contributed by atoms with van der Waals surface area (Å²) in [6, 6.07) is 17.0. The van der Waals surface area contributed by atoms with E-state index in [1.54, 1.807) is 42.5 Å². The van der Waals surface area contributed by atoms with Crippen molar-refractivity contribution in [2.75, 3.05) is 11.6 Å². The largest absolute Gasteiger partial charge is 0.322 e. The normalized spacial score (nSPS) is 11.2. The van der Waals surface area contributed by atoms with Crippen LogP contribution in [0.15, 0.2) is 71.6 Å². The maximum absolute atomic E-state index is 14.0. The molecule has 7 heteroatoms. The van der Waals surface area contributed by atoms with Crippen LogP contribution in [0.2, 0.25) is 5.02 Å². The molecule has 0 aliphatic rings. The Bertz CT molecular complexity index is 1130. The van der Waals surface area contributed by atoms with Gasteiger partial charge in [0, 0.05) is 17.5 Å². The first-order valence-electron chi connectivity index (χ1n) is 7.91. The van der Waals surface area contributed by atoms with E-state index < -0.39 is 15.7 Å². The highest BCUT2D eigenvalue weighted by Crippen LogP contribution is 2.26. The molecule has 0 spiro atoms. The van der Waals surface area contributed by atoms with Gasteiger partial charge in [-0.15, -0.1) is 0 Å². The minimum Gasteiger partial charge on any atom is -0.322 e. The standard InChI is InChI=1S/C20H15ClFNO3S/c1-27(25,26)15-9-10-17(18(21)12-15)20(24)23-14-6-4-5-13(11-14)16-7-2-3-8-19(16)22/h2-12H,1H3,(H,23,24). The Labute approximate surface area is 161 Å². The molecule has 3 rings (SSSR count). The third kappa shape index (κ3) is 4.35. The average Bonchev–Trinajstić information content (AvgIpc) is 2.61. The van der Waals surface area contributed by atoms with Gasteiger partial charge in [-0.3, -0.25) is 4.79 Å². The molecule has 0 atom stereocenters. The summed E-state index contributed by atoms with van der Waals surface area (Å²) in [4.78, 5) is 12.5. The summed E-state index contributed by atoms with van der Waals surface area (Å²) in [5.41, 5.74) is 1.64. The van der Waals surface area contributed by atoms with Crippen LogP contribution >= 0.6 is 11.6 Å². The van der Waals surface area contributed by atoms with Crippen LogP contribution in [-0.4, -0.2) is 20.6 Å². The van der Waals surface area contributed by atoms with Crippen LogP contribution < -0.4 is 5.32 Å². The Morgan fingerprint density at radius 2 is 1.74 bits per heavy atom. The SMILES string of the molecule is CS(=O)(=O)c1ccc(C(=O)Nc2cccc(-c3ccccc3F)c2)c(Cl)c1. The van der Waals surface area contributed by atoms with E-state index in [0.717, 1.165) is 6.26 Å². The van der Waals surface area contributed by atoms with Gasteiger partial charge in [0.15, 0.2) is 9.84 Å². The molecule has 0 bridgehead atoms. The van der Waals surface area contributed by atoms with Crippen LogP contribution in [0.4, 0.5) is 10.1 Å². The molecule has 27 heavy (non-hydrogen) atoms. The van der Waals surface area contributed by atoms with Gasteiger partial charge in [-0.1, -0.05) is 41.9 Å². The van der Waals surface area contributed by atoms with Crippen molar-refractivity contribution in [1.29, 1.82) is 0 Å². The molecular formula is C20H15ClFNO3S. The molecule has 4 nitrogen and oxygen atoms in total. The first-order valence-corrected chi connectivity index (χ1v) is 10.2. The fraction of sp³-hybridized carbons (Fsp3) is 0.0500. The molecule has 0 fully saturated rings. The zero-order valence-electron chi connectivity index (χ0n) is 14.2. The van der Waals surface area contributed by atoms with Crippen molar-refractivity contribution in [3.63, 3.8) is 0 Å². The lowest BCUT2D eigenvalue weighted by atomic mass is 10.0. The van der Waals surface area contributed by atoms with Crippen LogP contribution in [0, 0.1) is 5.82 Å². The second-order valence-corrected chi connectivity index (χ2v) is 8.35. The zero-order valence-corrected chi connectivity index (χ0v) is 15.8. The van der Waals surface area contributed by atoms with E-state index in [1.807, 2.05) is 0 Å². The van der Waals surface area contributed by atoms with Gasteiger partial charge in [-0.05, 0) is 42.0 Å². The molecule has 0 aromatic heterocycles. The van der Waals surface area contributed by atoms with Crippen LogP contribution in [0.1, 0.15) is 10.4 Å². The van der Waals surface area contributed by atoms with Crippen LogP contribution in [-0.2, 0) is 9.84 Å². The minimum atomic E-state index is -3.42. The Hall–Kier alpha value is -2.70. The van der Waals surface area contributed by atoms with E-state index in [4.69, 9.17) is 11.6 Å². The molecule has 3 aromatic carbocycles. The lowest BCUT2D eigenvalue weighted by Crippen LogP contribution is -2.13. The summed E-state index contributed by atoms with van der Waals surface area (Å²) in [5, 5.41) is 2.72. The molecule has 3 aromatic rings. The van der Waals surface area contributed by atoms with Crippen molar-refractivity contribution >= 4 is 33.0 Å². The second kappa shape index (κ2) is 7.50. The zero-order chi connectivity index (χ0) is 19.6. The number of halogens is 2. The van der Waals surface area contributed by atoms with Crippen molar-refractivity contribution in [3.8, 4) is 11.1 Å². The predicted molar refractivity (Wildman–Crippen MR) is 104 cm³/mol. The van der Waals surface area contributed by atoms with E-state index in [9.17, 15) is 17.6 Å². The Kier molecular flexibility index (Phi) is 5.30. The number of benzene rings is 3. The topological polar surface area (TPSA) is 63.2 Å². The number of amides is 1. The summed E-state index contributed by atoms with van der Waals surface area (Å²) >= 11 is 6.07. The number of rotatable bonds is 4. The van der Waals surface area contributed by atoms with Gasteiger partial charge in [-0.2, -0.15) is 0 Å². The number of carbonyl (C=O) groups excluding carboxylic acids is 1. The third-order valence-corrected chi connectivity index (χ3v) is 5.34. The predicted octanol–water partition coefficient (Wildman–Crippen LogP) is 4.80. The van der Waals surface area contributed by atoms with Gasteiger partial charge < -0.3 is 5.32 Å².